The van der Waals surface area contributed by atoms with Crippen LogP contribution in [0.5, 0.6) is 0 Å². The minimum Gasteiger partial charge on any atom is -0.399 e. The maximum absolute atomic E-state index is 8.62. The largest absolute Gasteiger partial charge is 0.399 e. The van der Waals surface area contributed by atoms with Crippen LogP contribution in [-0.2, 0) is 0 Å². The Balaban J connectivity index is 0.000000259. The fourth-order valence-corrected chi connectivity index (χ4v) is 6.73. The van der Waals surface area contributed by atoms with E-state index in [4.69, 9.17) is 16.6 Å². The van der Waals surface area contributed by atoms with Crippen LogP contribution in [0.15, 0.2) is 194 Å². The van der Waals surface area contributed by atoms with Gasteiger partial charge >= 0.3 is 0 Å². The van der Waals surface area contributed by atoms with Crippen molar-refractivity contribution in [2.24, 2.45) is 0 Å². The van der Waals surface area contributed by atoms with Crippen LogP contribution in [0.1, 0.15) is 11.1 Å². The number of allylic oxidation sites excluding steroid dienone is 4. The molecule has 0 unspecified atom stereocenters. The molecule has 252 valence electrons. The van der Waals surface area contributed by atoms with Crippen molar-refractivity contribution in [1.29, 1.82) is 10.8 Å². The third-order valence-electron chi connectivity index (χ3n) is 9.62. The van der Waals surface area contributed by atoms with Gasteiger partial charge in [-0.1, -0.05) is 133 Å². The maximum Gasteiger partial charge on any atom is 0.0867 e. The van der Waals surface area contributed by atoms with Gasteiger partial charge in [0, 0.05) is 23.7 Å². The molecule has 4 nitrogen and oxygen atoms in total. The van der Waals surface area contributed by atoms with Crippen LogP contribution in [0.3, 0.4) is 0 Å². The molecule has 0 saturated heterocycles. The molecule has 0 spiro atoms. The van der Waals surface area contributed by atoms with Crippen LogP contribution in [0.2, 0.25) is 0 Å². The highest BCUT2D eigenvalue weighted by Crippen LogP contribution is 2.32. The molecule has 0 bridgehead atoms. The summed E-state index contributed by atoms with van der Waals surface area (Å²) in [5, 5.41) is 22.1. The van der Waals surface area contributed by atoms with Crippen molar-refractivity contribution in [2.45, 2.75) is 0 Å². The highest BCUT2D eigenvalue weighted by molar-refractivity contribution is 6.61. The molecule has 1 heterocycles. The normalized spacial score (nSPS) is 12.5. The number of rotatable bonds is 5. The van der Waals surface area contributed by atoms with E-state index in [2.05, 4.69) is 138 Å². The van der Waals surface area contributed by atoms with E-state index in [0.29, 0.717) is 0 Å². The average Bonchev–Trinajstić information content (AvgIpc) is 3.22. The Morgan fingerprint density at radius 2 is 0.849 bits per heavy atom. The molecule has 0 amide bonds. The van der Waals surface area contributed by atoms with E-state index in [1.165, 1.54) is 27.1 Å². The van der Waals surface area contributed by atoms with Crippen molar-refractivity contribution in [3.05, 3.63) is 206 Å². The van der Waals surface area contributed by atoms with Crippen molar-refractivity contribution in [2.75, 3.05) is 5.73 Å². The van der Waals surface area contributed by atoms with Gasteiger partial charge in [0.2, 0.25) is 0 Å². The van der Waals surface area contributed by atoms with Gasteiger partial charge in [0.05, 0.1) is 11.4 Å². The van der Waals surface area contributed by atoms with Crippen molar-refractivity contribution in [1.82, 2.24) is 4.98 Å². The summed E-state index contributed by atoms with van der Waals surface area (Å²) in [4.78, 5) is 3.96. The highest BCUT2D eigenvalue weighted by atomic mass is 14.6. The van der Waals surface area contributed by atoms with Crippen LogP contribution in [0.4, 0.5) is 5.69 Å². The highest BCUT2D eigenvalue weighted by Gasteiger charge is 2.19. The molecule has 4 N–H and O–H groups in total. The monoisotopic (exact) mass is 680 g/mol. The SMILES string of the molecule is N=C1C=C(c2ccc(-c3ccc4ccccc4c3)cc2)C=C(c2ccc(-c3ccc4ccccc4c3)cc2)C1=N.Nc1cccc(-c2ccncc2)c1. The number of aromatic nitrogens is 1. The lowest BCUT2D eigenvalue weighted by Crippen LogP contribution is -2.15. The van der Waals surface area contributed by atoms with E-state index >= 15 is 0 Å². The third-order valence-corrected chi connectivity index (χ3v) is 9.62. The summed E-state index contributed by atoms with van der Waals surface area (Å²) in [6.45, 7) is 0. The summed E-state index contributed by atoms with van der Waals surface area (Å²) < 4.78 is 0. The topological polar surface area (TPSA) is 86.6 Å². The van der Waals surface area contributed by atoms with Gasteiger partial charge in [-0.15, -0.1) is 0 Å². The van der Waals surface area contributed by atoms with Crippen LogP contribution in [0.25, 0.3) is 66.1 Å². The number of nitrogens with zero attached hydrogens (tertiary/aromatic N) is 1. The van der Waals surface area contributed by atoms with Gasteiger partial charge in [0.15, 0.2) is 0 Å². The summed E-state index contributed by atoms with van der Waals surface area (Å²) in [6.07, 6.45) is 7.38. The molecule has 1 aromatic heterocycles. The Morgan fingerprint density at radius 3 is 1.42 bits per heavy atom. The van der Waals surface area contributed by atoms with E-state index in [-0.39, 0.29) is 11.4 Å². The molecule has 0 radical (unpaired) electrons. The molecule has 9 rings (SSSR count). The molecule has 0 atom stereocenters. The molecular weight excluding hydrogens is 645 g/mol. The predicted octanol–water partition coefficient (Wildman–Crippen LogP) is 12.2. The summed E-state index contributed by atoms with van der Waals surface area (Å²) in [5.74, 6) is 0. The lowest BCUT2D eigenvalue weighted by molar-refractivity contribution is 1.33. The second-order valence-electron chi connectivity index (χ2n) is 13.1. The minimum absolute atomic E-state index is 0.227. The first kappa shape index (κ1) is 33.0. The lowest BCUT2D eigenvalue weighted by atomic mass is 9.87. The standard InChI is InChI=1S/C38H26N2.C11H10N2/c39-37-24-35(29-11-9-27(10-12-29)33-19-15-25-5-1-3-7-31(25)21-33)23-36(38(37)40)30-17-13-28(14-18-30)34-20-16-26-6-2-4-8-32(26)22-34;12-11-3-1-2-10(8-11)9-4-6-13-7-5-9/h1-24,39-40H;1-8H,12H2. The van der Waals surface area contributed by atoms with Gasteiger partial charge in [-0.2, -0.15) is 0 Å². The first-order valence-electron chi connectivity index (χ1n) is 17.5. The summed E-state index contributed by atoms with van der Waals surface area (Å²) in [6, 6.07) is 58.4. The number of hydrogen-bond acceptors (Lipinski definition) is 4. The van der Waals surface area contributed by atoms with Gasteiger partial charge < -0.3 is 5.73 Å². The van der Waals surface area contributed by atoms with Crippen LogP contribution in [0, 0.1) is 10.8 Å². The second-order valence-corrected chi connectivity index (χ2v) is 13.1. The Kier molecular flexibility index (Phi) is 9.08. The van der Waals surface area contributed by atoms with Gasteiger partial charge in [0.25, 0.3) is 0 Å². The van der Waals surface area contributed by atoms with Gasteiger partial charge in [-0.05, 0) is 120 Å². The molecule has 0 saturated carbocycles. The second kappa shape index (κ2) is 14.6. The Hall–Kier alpha value is -7.17. The van der Waals surface area contributed by atoms with Gasteiger partial charge in [0.1, 0.15) is 0 Å². The number of fused-ring (bicyclic) bond motifs is 2. The number of hydrogen-bond donors (Lipinski definition) is 3. The van der Waals surface area contributed by atoms with Crippen molar-refractivity contribution >= 4 is 49.8 Å². The summed E-state index contributed by atoms with van der Waals surface area (Å²) in [7, 11) is 0. The van der Waals surface area contributed by atoms with Crippen LogP contribution < -0.4 is 5.73 Å². The smallest absolute Gasteiger partial charge is 0.0867 e. The van der Waals surface area contributed by atoms with Crippen molar-refractivity contribution in [3.8, 4) is 33.4 Å². The molecule has 1 aliphatic carbocycles. The zero-order valence-corrected chi connectivity index (χ0v) is 29.0. The number of benzene rings is 7. The molecule has 4 heteroatoms. The number of nitrogen functional groups attached to an aromatic ring is 1. The van der Waals surface area contributed by atoms with Gasteiger partial charge in [-0.25, -0.2) is 0 Å². The molecule has 1 aliphatic rings. The van der Waals surface area contributed by atoms with Crippen molar-refractivity contribution < 1.29 is 0 Å². The zero-order valence-electron chi connectivity index (χ0n) is 29.0. The van der Waals surface area contributed by atoms with Gasteiger partial charge in [-0.3, -0.25) is 15.8 Å². The van der Waals surface area contributed by atoms with E-state index in [1.807, 2.05) is 42.5 Å². The Morgan fingerprint density at radius 1 is 0.377 bits per heavy atom. The third kappa shape index (κ3) is 7.21. The van der Waals surface area contributed by atoms with E-state index in [9.17, 15) is 0 Å². The molecular formula is C49H36N4. The molecule has 53 heavy (non-hydrogen) atoms. The fourth-order valence-electron chi connectivity index (χ4n) is 6.73. The first-order chi connectivity index (χ1) is 26.0. The van der Waals surface area contributed by atoms with Crippen LogP contribution in [-0.4, -0.2) is 16.4 Å². The van der Waals surface area contributed by atoms with E-state index in [1.54, 1.807) is 18.5 Å². The zero-order chi connectivity index (χ0) is 36.1. The Labute approximate surface area is 309 Å². The minimum atomic E-state index is 0.227. The molecule has 0 fully saturated rings. The number of nitrogens with one attached hydrogen (secondary N) is 2. The van der Waals surface area contributed by atoms with E-state index in [0.717, 1.165) is 55.8 Å². The molecule has 0 aliphatic heterocycles. The quantitative estimate of drug-likeness (QED) is 0.125. The maximum atomic E-state index is 8.62. The number of nitrogens with two attached hydrogens (primary N) is 1. The first-order valence-corrected chi connectivity index (χ1v) is 17.5. The van der Waals surface area contributed by atoms with Crippen molar-refractivity contribution in [3.63, 3.8) is 0 Å². The van der Waals surface area contributed by atoms with E-state index < -0.39 is 0 Å². The lowest BCUT2D eigenvalue weighted by Gasteiger charge is -2.17. The molecule has 7 aromatic carbocycles. The molecule has 8 aromatic rings. The summed E-state index contributed by atoms with van der Waals surface area (Å²) in [5.41, 5.74) is 17.5. The predicted molar refractivity (Wildman–Crippen MR) is 224 cm³/mol. The number of pyridine rings is 1. The van der Waals surface area contributed by atoms with Crippen LogP contribution >= 0.6 is 0 Å². The Bertz CT molecular complexity index is 2690. The average molecular weight is 681 g/mol. The fraction of sp³-hybridized carbons (Fsp3) is 0. The summed E-state index contributed by atoms with van der Waals surface area (Å²) >= 11 is 0. The number of anilines is 1.